The zero-order valence-corrected chi connectivity index (χ0v) is 17.8. The van der Waals surface area contributed by atoms with Crippen LogP contribution in [0.5, 0.6) is 0 Å². The number of rotatable bonds is 10. The average molecular weight is 429 g/mol. The number of aryl methyl sites for hydroxylation is 1. The van der Waals surface area contributed by atoms with Gasteiger partial charge in [0.05, 0.1) is 18.6 Å². The van der Waals surface area contributed by atoms with Crippen LogP contribution in [0.2, 0.25) is 0 Å². The van der Waals surface area contributed by atoms with Crippen LogP contribution in [0.15, 0.2) is 24.3 Å². The maximum atomic E-state index is 13.2. The van der Waals surface area contributed by atoms with E-state index in [1.54, 1.807) is 17.0 Å². The number of hydrogen-bond acceptors (Lipinski definition) is 5. The molecule has 1 aromatic rings. The number of ketones is 1. The van der Waals surface area contributed by atoms with Crippen molar-refractivity contribution in [3.05, 3.63) is 35.4 Å². The van der Waals surface area contributed by atoms with Crippen molar-refractivity contribution < 1.29 is 19.5 Å². The second kappa shape index (κ2) is 10.5. The Morgan fingerprint density at radius 1 is 1.13 bits per heavy atom. The number of nitrogens with one attached hydrogen (secondary N) is 2. The summed E-state index contributed by atoms with van der Waals surface area (Å²) in [6, 6.07) is 6.31. The van der Waals surface area contributed by atoms with Crippen molar-refractivity contribution in [1.82, 2.24) is 10.2 Å². The lowest BCUT2D eigenvalue weighted by Gasteiger charge is -2.43. The molecule has 2 aliphatic rings. The summed E-state index contributed by atoms with van der Waals surface area (Å²) in [5.41, 5.74) is 7.10. The van der Waals surface area contributed by atoms with Gasteiger partial charge in [0.25, 0.3) is 0 Å². The number of carboxylic acid groups (broad SMARTS) is 1. The van der Waals surface area contributed by atoms with E-state index in [9.17, 15) is 14.4 Å². The molecule has 0 aromatic heterocycles. The monoisotopic (exact) mass is 428 g/mol. The predicted octanol–water partition coefficient (Wildman–Crippen LogP) is 1.70. The number of nitrogen functional groups attached to an aromatic ring is 1. The number of carbonyl (C=O) groups is 3. The molecule has 31 heavy (non-hydrogen) atoms. The van der Waals surface area contributed by atoms with Crippen molar-refractivity contribution in [3.8, 4) is 0 Å². The van der Waals surface area contributed by atoms with Gasteiger partial charge in [-0.1, -0.05) is 43.5 Å². The molecule has 1 aliphatic carbocycles. The number of carboxylic acids is 1. The Bertz CT molecular complexity index is 817. The van der Waals surface area contributed by atoms with Crippen molar-refractivity contribution in [1.29, 1.82) is 5.41 Å². The average Bonchev–Trinajstić information content (AvgIpc) is 2.72. The summed E-state index contributed by atoms with van der Waals surface area (Å²) in [5.74, 6) is -0.952. The Morgan fingerprint density at radius 2 is 1.81 bits per heavy atom. The number of nitrogens with zero attached hydrogens (tertiary/aromatic N) is 1. The lowest BCUT2D eigenvalue weighted by Crippen LogP contribution is -2.61. The van der Waals surface area contributed by atoms with Crippen LogP contribution in [-0.2, 0) is 20.8 Å². The summed E-state index contributed by atoms with van der Waals surface area (Å²) in [6.45, 7) is 0.288. The van der Waals surface area contributed by atoms with E-state index in [2.05, 4.69) is 5.32 Å². The fourth-order valence-electron chi connectivity index (χ4n) is 4.57. The second-order valence-corrected chi connectivity index (χ2v) is 8.56. The summed E-state index contributed by atoms with van der Waals surface area (Å²) >= 11 is 0. The van der Waals surface area contributed by atoms with E-state index in [-0.39, 0.29) is 30.0 Å². The van der Waals surface area contributed by atoms with E-state index < -0.39 is 18.1 Å². The Kier molecular flexibility index (Phi) is 7.79. The minimum absolute atomic E-state index is 0.00951. The molecule has 1 saturated heterocycles. The van der Waals surface area contributed by atoms with Crippen LogP contribution in [0.1, 0.15) is 56.1 Å². The molecule has 1 heterocycles. The molecule has 1 saturated carbocycles. The van der Waals surface area contributed by atoms with Gasteiger partial charge in [0.15, 0.2) is 5.78 Å². The van der Waals surface area contributed by atoms with Crippen molar-refractivity contribution >= 4 is 23.5 Å². The SMILES string of the molecule is N=C(N)c1ccc(CCC(=O)C2CCN2C(=O)C(NCC(=O)O)C2CCCCC2)cc1. The Morgan fingerprint density at radius 3 is 2.35 bits per heavy atom. The van der Waals surface area contributed by atoms with Gasteiger partial charge in [-0.3, -0.25) is 25.1 Å². The van der Waals surface area contributed by atoms with E-state index in [1.807, 2.05) is 12.1 Å². The molecule has 8 nitrogen and oxygen atoms in total. The van der Waals surface area contributed by atoms with Crippen LogP contribution in [0.3, 0.4) is 0 Å². The number of nitrogens with two attached hydrogens (primary N) is 1. The molecule has 1 aromatic carbocycles. The van der Waals surface area contributed by atoms with Crippen molar-refractivity contribution in [2.75, 3.05) is 13.1 Å². The summed E-state index contributed by atoms with van der Waals surface area (Å²) in [7, 11) is 0. The number of hydrogen-bond donors (Lipinski definition) is 4. The van der Waals surface area contributed by atoms with Gasteiger partial charge in [-0.05, 0) is 37.2 Å². The highest BCUT2D eigenvalue weighted by Gasteiger charge is 2.41. The first-order chi connectivity index (χ1) is 14.9. The largest absolute Gasteiger partial charge is 0.480 e. The Hall–Kier alpha value is -2.74. The lowest BCUT2D eigenvalue weighted by atomic mass is 9.82. The third-order valence-corrected chi connectivity index (χ3v) is 6.46. The first-order valence-electron chi connectivity index (χ1n) is 11.1. The van der Waals surface area contributed by atoms with Gasteiger partial charge in [0.1, 0.15) is 5.84 Å². The Balaban J connectivity index is 1.58. The van der Waals surface area contributed by atoms with E-state index in [1.165, 1.54) is 0 Å². The third-order valence-electron chi connectivity index (χ3n) is 6.46. The van der Waals surface area contributed by atoms with E-state index in [0.29, 0.717) is 31.4 Å². The summed E-state index contributed by atoms with van der Waals surface area (Å²) in [4.78, 5) is 38.7. The highest BCUT2D eigenvalue weighted by atomic mass is 16.4. The number of likely N-dealkylation sites (tertiary alicyclic amines) is 1. The van der Waals surface area contributed by atoms with Gasteiger partial charge < -0.3 is 15.7 Å². The van der Waals surface area contributed by atoms with Crippen LogP contribution in [0, 0.1) is 11.3 Å². The fourth-order valence-corrected chi connectivity index (χ4v) is 4.57. The fraction of sp³-hybridized carbons (Fsp3) is 0.565. The molecule has 2 unspecified atom stereocenters. The molecule has 5 N–H and O–H groups in total. The molecular weight excluding hydrogens is 396 g/mol. The number of benzene rings is 1. The van der Waals surface area contributed by atoms with Gasteiger partial charge in [0.2, 0.25) is 5.91 Å². The van der Waals surface area contributed by atoms with Crippen molar-refractivity contribution in [2.45, 2.75) is 63.5 Å². The predicted molar refractivity (Wildman–Crippen MR) is 117 cm³/mol. The van der Waals surface area contributed by atoms with Gasteiger partial charge >= 0.3 is 5.97 Å². The van der Waals surface area contributed by atoms with E-state index in [4.69, 9.17) is 16.2 Å². The molecule has 3 rings (SSSR count). The van der Waals surface area contributed by atoms with Crippen molar-refractivity contribution in [3.63, 3.8) is 0 Å². The molecule has 2 fully saturated rings. The number of aliphatic carboxylic acids is 1. The quantitative estimate of drug-likeness (QED) is 0.331. The number of Topliss-reactive ketones (excluding diaryl/α,β-unsaturated/α-hetero) is 1. The molecule has 1 aliphatic heterocycles. The Labute approximate surface area is 182 Å². The molecule has 8 heteroatoms. The summed E-state index contributed by atoms with van der Waals surface area (Å²) in [5, 5.41) is 19.4. The van der Waals surface area contributed by atoms with E-state index in [0.717, 1.165) is 37.7 Å². The minimum Gasteiger partial charge on any atom is -0.480 e. The zero-order valence-electron chi connectivity index (χ0n) is 17.8. The van der Waals surface area contributed by atoms with Gasteiger partial charge in [-0.15, -0.1) is 0 Å². The lowest BCUT2D eigenvalue weighted by molar-refractivity contribution is -0.150. The molecule has 0 radical (unpaired) electrons. The topological polar surface area (TPSA) is 137 Å². The summed E-state index contributed by atoms with van der Waals surface area (Å²) < 4.78 is 0. The van der Waals surface area contributed by atoms with Crippen molar-refractivity contribution in [2.24, 2.45) is 11.7 Å². The zero-order chi connectivity index (χ0) is 22.4. The molecule has 168 valence electrons. The number of carbonyl (C=O) groups excluding carboxylic acids is 2. The smallest absolute Gasteiger partial charge is 0.317 e. The maximum absolute atomic E-state index is 13.2. The highest BCUT2D eigenvalue weighted by Crippen LogP contribution is 2.30. The van der Waals surface area contributed by atoms with Gasteiger partial charge in [0, 0.05) is 18.5 Å². The first kappa shape index (κ1) is 22.9. The van der Waals surface area contributed by atoms with Gasteiger partial charge in [-0.25, -0.2) is 0 Å². The first-order valence-corrected chi connectivity index (χ1v) is 11.1. The normalized spacial score (nSPS) is 20.0. The molecule has 0 spiro atoms. The second-order valence-electron chi connectivity index (χ2n) is 8.56. The molecular formula is C23H32N4O4. The summed E-state index contributed by atoms with van der Waals surface area (Å²) in [6.07, 6.45) is 6.63. The maximum Gasteiger partial charge on any atom is 0.317 e. The standard InChI is InChI=1S/C23H32N4O4/c24-22(25)17-9-6-15(7-10-17)8-11-19(28)18-12-13-27(18)23(31)21(26-14-20(29)30)16-4-2-1-3-5-16/h6-7,9-10,16,18,21,26H,1-5,8,11-14H2,(H3,24,25)(H,29,30). The van der Waals surface area contributed by atoms with E-state index >= 15 is 0 Å². The minimum atomic E-state index is -0.986. The molecule has 0 bridgehead atoms. The van der Waals surface area contributed by atoms with Crippen LogP contribution in [0.4, 0.5) is 0 Å². The third kappa shape index (κ3) is 5.91. The van der Waals surface area contributed by atoms with Gasteiger partial charge in [-0.2, -0.15) is 0 Å². The number of amides is 1. The van der Waals surface area contributed by atoms with Crippen LogP contribution < -0.4 is 11.1 Å². The molecule has 1 amide bonds. The highest BCUT2D eigenvalue weighted by molar-refractivity contribution is 5.95. The number of amidine groups is 1. The molecule has 2 atom stereocenters. The van der Waals surface area contributed by atoms with Crippen LogP contribution >= 0.6 is 0 Å². The van der Waals surface area contributed by atoms with Crippen LogP contribution in [0.25, 0.3) is 0 Å². The van der Waals surface area contributed by atoms with Crippen LogP contribution in [-0.4, -0.2) is 58.7 Å².